The van der Waals surface area contributed by atoms with Crippen molar-refractivity contribution in [3.63, 3.8) is 0 Å². The highest BCUT2D eigenvalue weighted by Crippen LogP contribution is 2.43. The van der Waals surface area contributed by atoms with Crippen molar-refractivity contribution in [1.82, 2.24) is 4.90 Å². The number of aliphatic hydroxyl groups is 1. The molecule has 1 spiro atoms. The number of rotatable bonds is 3. The molecule has 0 saturated carbocycles. The van der Waals surface area contributed by atoms with Crippen LogP contribution in [0, 0.1) is 5.92 Å². The highest BCUT2D eigenvalue weighted by molar-refractivity contribution is 7.99. The Morgan fingerprint density at radius 3 is 2.75 bits per heavy atom. The first-order valence-corrected chi connectivity index (χ1v) is 9.34. The van der Waals surface area contributed by atoms with Gasteiger partial charge in [0.1, 0.15) is 0 Å². The Bertz CT molecular complexity index is 335. The SMILES string of the molecule is CC(C)(C(O)C1CCOC2(CCSC2)C1)N1CCCC1. The summed E-state index contributed by atoms with van der Waals surface area (Å²) in [5, 5.41) is 11.0. The van der Waals surface area contributed by atoms with Crippen molar-refractivity contribution in [3.05, 3.63) is 0 Å². The summed E-state index contributed by atoms with van der Waals surface area (Å²) >= 11 is 2.01. The summed E-state index contributed by atoms with van der Waals surface area (Å²) in [6, 6.07) is 0. The van der Waals surface area contributed by atoms with E-state index in [-0.39, 0.29) is 17.2 Å². The predicted octanol–water partition coefficient (Wildman–Crippen LogP) is 2.52. The smallest absolute Gasteiger partial charge is 0.0783 e. The lowest BCUT2D eigenvalue weighted by Gasteiger charge is -2.47. The average Bonchev–Trinajstić information content (AvgIpc) is 3.10. The molecule has 3 nitrogen and oxygen atoms in total. The maximum Gasteiger partial charge on any atom is 0.0783 e. The summed E-state index contributed by atoms with van der Waals surface area (Å²) in [7, 11) is 0. The van der Waals surface area contributed by atoms with Crippen molar-refractivity contribution in [2.24, 2.45) is 5.92 Å². The molecule has 0 aromatic carbocycles. The summed E-state index contributed by atoms with van der Waals surface area (Å²) in [5.74, 6) is 2.75. The van der Waals surface area contributed by atoms with Gasteiger partial charge in [0.15, 0.2) is 0 Å². The number of nitrogens with zero attached hydrogens (tertiary/aromatic N) is 1. The molecule has 0 aromatic rings. The summed E-state index contributed by atoms with van der Waals surface area (Å²) < 4.78 is 6.10. The van der Waals surface area contributed by atoms with Crippen LogP contribution in [0.5, 0.6) is 0 Å². The zero-order chi connectivity index (χ0) is 14.2. The van der Waals surface area contributed by atoms with E-state index in [0.29, 0.717) is 5.92 Å². The second-order valence-corrected chi connectivity index (χ2v) is 8.48. The lowest BCUT2D eigenvalue weighted by atomic mass is 9.76. The van der Waals surface area contributed by atoms with E-state index in [1.54, 1.807) is 0 Å². The first-order chi connectivity index (χ1) is 9.54. The molecule has 0 aliphatic carbocycles. The van der Waals surface area contributed by atoms with Crippen LogP contribution in [-0.4, -0.2) is 58.5 Å². The molecule has 3 aliphatic heterocycles. The van der Waals surface area contributed by atoms with Gasteiger partial charge in [0, 0.05) is 17.9 Å². The topological polar surface area (TPSA) is 32.7 Å². The van der Waals surface area contributed by atoms with Crippen LogP contribution in [-0.2, 0) is 4.74 Å². The lowest BCUT2D eigenvalue weighted by Crippen LogP contribution is -2.56. The van der Waals surface area contributed by atoms with Gasteiger partial charge in [0.2, 0.25) is 0 Å². The van der Waals surface area contributed by atoms with E-state index in [9.17, 15) is 5.11 Å². The normalized spacial score (nSPS) is 37.6. The van der Waals surface area contributed by atoms with Gasteiger partial charge in [-0.25, -0.2) is 0 Å². The largest absolute Gasteiger partial charge is 0.391 e. The molecule has 116 valence electrons. The van der Waals surface area contributed by atoms with E-state index in [4.69, 9.17) is 4.74 Å². The molecule has 3 heterocycles. The lowest BCUT2D eigenvalue weighted by molar-refractivity contribution is -0.124. The van der Waals surface area contributed by atoms with E-state index < -0.39 is 0 Å². The zero-order valence-electron chi connectivity index (χ0n) is 12.9. The molecular formula is C16H29NO2S. The number of ether oxygens (including phenoxy) is 1. The summed E-state index contributed by atoms with van der Waals surface area (Å²) in [6.07, 6.45) is 5.58. The van der Waals surface area contributed by atoms with Crippen LogP contribution < -0.4 is 0 Å². The molecule has 3 rings (SSSR count). The summed E-state index contributed by atoms with van der Waals surface area (Å²) in [6.45, 7) is 7.59. The number of likely N-dealkylation sites (tertiary alicyclic amines) is 1. The standard InChI is InChI=1S/C16H29NO2S/c1-15(2,17-7-3-4-8-17)14(18)13-5-9-19-16(11-13)6-10-20-12-16/h13-14,18H,3-12H2,1-2H3. The Morgan fingerprint density at radius 1 is 1.35 bits per heavy atom. The maximum absolute atomic E-state index is 11.0. The van der Waals surface area contributed by atoms with Gasteiger partial charge in [-0.2, -0.15) is 11.8 Å². The van der Waals surface area contributed by atoms with E-state index in [1.807, 2.05) is 11.8 Å². The zero-order valence-corrected chi connectivity index (χ0v) is 13.8. The van der Waals surface area contributed by atoms with Crippen molar-refractivity contribution in [2.75, 3.05) is 31.2 Å². The quantitative estimate of drug-likeness (QED) is 0.868. The molecule has 3 aliphatic rings. The molecule has 3 saturated heterocycles. The van der Waals surface area contributed by atoms with Crippen molar-refractivity contribution < 1.29 is 9.84 Å². The van der Waals surface area contributed by atoms with Crippen LogP contribution in [0.25, 0.3) is 0 Å². The van der Waals surface area contributed by atoms with Crippen LogP contribution in [0.15, 0.2) is 0 Å². The van der Waals surface area contributed by atoms with E-state index >= 15 is 0 Å². The highest BCUT2D eigenvalue weighted by Gasteiger charge is 2.46. The van der Waals surface area contributed by atoms with E-state index in [2.05, 4.69) is 18.7 Å². The van der Waals surface area contributed by atoms with Crippen molar-refractivity contribution in [3.8, 4) is 0 Å². The maximum atomic E-state index is 11.0. The summed E-state index contributed by atoms with van der Waals surface area (Å²) in [5.41, 5.74) is -0.0128. The fraction of sp³-hybridized carbons (Fsp3) is 1.00. The second-order valence-electron chi connectivity index (χ2n) is 7.38. The third kappa shape index (κ3) is 2.77. The van der Waals surface area contributed by atoms with E-state index in [0.717, 1.165) is 38.3 Å². The highest BCUT2D eigenvalue weighted by atomic mass is 32.2. The van der Waals surface area contributed by atoms with Gasteiger partial charge in [0.05, 0.1) is 11.7 Å². The molecule has 0 radical (unpaired) electrons. The molecule has 0 bridgehead atoms. The fourth-order valence-electron chi connectivity index (χ4n) is 4.26. The van der Waals surface area contributed by atoms with Gasteiger partial charge in [-0.1, -0.05) is 0 Å². The molecule has 1 N–H and O–H groups in total. The third-order valence-electron chi connectivity index (χ3n) is 5.69. The minimum absolute atomic E-state index is 0.0790. The van der Waals surface area contributed by atoms with Gasteiger partial charge < -0.3 is 9.84 Å². The van der Waals surface area contributed by atoms with Crippen LogP contribution in [0.1, 0.15) is 46.0 Å². The van der Waals surface area contributed by atoms with Crippen molar-refractivity contribution in [1.29, 1.82) is 0 Å². The van der Waals surface area contributed by atoms with Crippen molar-refractivity contribution in [2.45, 2.75) is 63.2 Å². The Kier molecular flexibility index (Phi) is 4.38. The predicted molar refractivity (Wildman–Crippen MR) is 84.2 cm³/mol. The molecule has 3 atom stereocenters. The van der Waals surface area contributed by atoms with Gasteiger partial charge >= 0.3 is 0 Å². The molecule has 0 aromatic heterocycles. The van der Waals surface area contributed by atoms with Gasteiger partial charge in [-0.05, 0) is 70.7 Å². The van der Waals surface area contributed by atoms with Crippen LogP contribution in [0.2, 0.25) is 0 Å². The minimum Gasteiger partial charge on any atom is -0.391 e. The Labute approximate surface area is 127 Å². The minimum atomic E-state index is -0.230. The number of thioether (sulfide) groups is 1. The number of hydrogen-bond donors (Lipinski definition) is 1. The first-order valence-electron chi connectivity index (χ1n) is 8.18. The third-order valence-corrected chi connectivity index (χ3v) is 6.91. The Balaban J connectivity index is 1.67. The van der Waals surface area contributed by atoms with Crippen LogP contribution in [0.4, 0.5) is 0 Å². The second kappa shape index (κ2) is 5.79. The van der Waals surface area contributed by atoms with Crippen LogP contribution in [0.3, 0.4) is 0 Å². The van der Waals surface area contributed by atoms with Gasteiger partial charge in [-0.15, -0.1) is 0 Å². The number of aliphatic hydroxyl groups excluding tert-OH is 1. The molecule has 4 heteroatoms. The van der Waals surface area contributed by atoms with Crippen LogP contribution >= 0.6 is 11.8 Å². The number of hydrogen-bond acceptors (Lipinski definition) is 4. The molecule has 3 unspecified atom stereocenters. The van der Waals surface area contributed by atoms with E-state index in [1.165, 1.54) is 25.0 Å². The first kappa shape index (κ1) is 15.1. The molecule has 20 heavy (non-hydrogen) atoms. The Hall–Kier alpha value is 0.230. The van der Waals surface area contributed by atoms with Crippen molar-refractivity contribution >= 4 is 11.8 Å². The fourth-order valence-corrected chi connectivity index (χ4v) is 5.63. The summed E-state index contributed by atoms with van der Waals surface area (Å²) in [4.78, 5) is 2.49. The average molecular weight is 299 g/mol. The van der Waals surface area contributed by atoms with Gasteiger partial charge in [0.25, 0.3) is 0 Å². The monoisotopic (exact) mass is 299 g/mol. The van der Waals surface area contributed by atoms with Gasteiger partial charge in [-0.3, -0.25) is 4.90 Å². The molecular weight excluding hydrogens is 270 g/mol. The Morgan fingerprint density at radius 2 is 2.10 bits per heavy atom. The molecule has 3 fully saturated rings. The molecule has 0 amide bonds.